The SMILES string of the molecule is CC(C)[C@H](C(=O)O)[C@H](Cc1ccc(C2=CCNCC2)cc1)C1=NNNN1. The first kappa shape index (κ1) is 18.4. The molecular weight excluding hydrogens is 330 g/mol. The summed E-state index contributed by atoms with van der Waals surface area (Å²) in [5.41, 5.74) is 12.0. The second kappa shape index (κ2) is 8.33. The minimum absolute atomic E-state index is 0.00164. The van der Waals surface area contributed by atoms with Crippen molar-refractivity contribution in [3.63, 3.8) is 0 Å². The van der Waals surface area contributed by atoms with Crippen LogP contribution in [0.2, 0.25) is 0 Å². The number of carboxylic acids is 1. The minimum atomic E-state index is -0.794. The standard InChI is InChI=1S/C19H27N5O2/c1-12(2)17(19(25)26)16(18-21-23-24-22-18)11-13-3-5-14(6-4-13)15-7-9-20-10-8-15/h3-7,12,16-17,20,23-24H,8-11H2,1-2H3,(H,21,22)(H,25,26)/t16-,17-/m0/s1. The van der Waals surface area contributed by atoms with Crippen molar-refractivity contribution in [3.05, 3.63) is 41.5 Å². The van der Waals surface area contributed by atoms with Gasteiger partial charge in [0.05, 0.1) is 5.92 Å². The molecule has 26 heavy (non-hydrogen) atoms. The van der Waals surface area contributed by atoms with Crippen LogP contribution in [0.1, 0.15) is 31.4 Å². The molecule has 0 saturated heterocycles. The second-order valence-electron chi connectivity index (χ2n) is 7.16. The first-order chi connectivity index (χ1) is 12.6. The summed E-state index contributed by atoms with van der Waals surface area (Å²) in [5.74, 6) is -0.912. The summed E-state index contributed by atoms with van der Waals surface area (Å²) in [7, 11) is 0. The van der Waals surface area contributed by atoms with Crippen molar-refractivity contribution in [3.8, 4) is 0 Å². The summed E-state index contributed by atoms with van der Waals surface area (Å²) in [5, 5.41) is 17.2. The van der Waals surface area contributed by atoms with Gasteiger partial charge in [0, 0.05) is 12.5 Å². The predicted octanol–water partition coefficient (Wildman–Crippen LogP) is 1.50. The van der Waals surface area contributed by atoms with Crippen LogP contribution in [0.15, 0.2) is 35.4 Å². The molecule has 0 unspecified atom stereocenters. The van der Waals surface area contributed by atoms with Crippen LogP contribution >= 0.6 is 0 Å². The van der Waals surface area contributed by atoms with Crippen LogP contribution in [0, 0.1) is 17.8 Å². The highest BCUT2D eigenvalue weighted by molar-refractivity contribution is 5.89. The molecule has 7 heteroatoms. The Kier molecular flexibility index (Phi) is 5.90. The molecule has 0 spiro atoms. The highest BCUT2D eigenvalue weighted by atomic mass is 16.4. The van der Waals surface area contributed by atoms with Gasteiger partial charge in [0.25, 0.3) is 0 Å². The van der Waals surface area contributed by atoms with Gasteiger partial charge in [-0.1, -0.05) is 44.2 Å². The lowest BCUT2D eigenvalue weighted by atomic mass is 9.79. The highest BCUT2D eigenvalue weighted by Crippen LogP contribution is 2.27. The first-order valence-electron chi connectivity index (χ1n) is 9.11. The maximum absolute atomic E-state index is 11.9. The molecule has 0 saturated carbocycles. The van der Waals surface area contributed by atoms with E-state index in [4.69, 9.17) is 0 Å². The lowest BCUT2D eigenvalue weighted by Crippen LogP contribution is -2.43. The number of carbonyl (C=O) groups is 1. The number of nitrogens with one attached hydrogen (secondary N) is 4. The molecular formula is C19H27N5O2. The van der Waals surface area contributed by atoms with E-state index in [0.29, 0.717) is 12.3 Å². The van der Waals surface area contributed by atoms with Crippen LogP contribution in [0.25, 0.3) is 5.57 Å². The molecule has 0 aliphatic carbocycles. The fourth-order valence-corrected chi connectivity index (χ4v) is 3.69. The number of hydrogen-bond acceptors (Lipinski definition) is 6. The summed E-state index contributed by atoms with van der Waals surface area (Å²) < 4.78 is 0. The maximum atomic E-state index is 11.9. The van der Waals surface area contributed by atoms with E-state index in [1.165, 1.54) is 11.1 Å². The molecule has 5 N–H and O–H groups in total. The zero-order valence-electron chi connectivity index (χ0n) is 15.2. The molecule has 140 valence electrons. The smallest absolute Gasteiger partial charge is 0.307 e. The van der Waals surface area contributed by atoms with Gasteiger partial charge in [-0.25, -0.2) is 5.53 Å². The average molecular weight is 357 g/mol. The van der Waals surface area contributed by atoms with E-state index < -0.39 is 11.9 Å². The predicted molar refractivity (Wildman–Crippen MR) is 102 cm³/mol. The summed E-state index contributed by atoms with van der Waals surface area (Å²) >= 11 is 0. The summed E-state index contributed by atoms with van der Waals surface area (Å²) in [6, 6.07) is 8.46. The molecule has 0 aromatic heterocycles. The highest BCUT2D eigenvalue weighted by Gasteiger charge is 2.35. The van der Waals surface area contributed by atoms with Crippen molar-refractivity contribution >= 4 is 17.4 Å². The Morgan fingerprint density at radius 1 is 1.27 bits per heavy atom. The van der Waals surface area contributed by atoms with Crippen molar-refractivity contribution in [2.75, 3.05) is 13.1 Å². The zero-order valence-corrected chi connectivity index (χ0v) is 15.2. The van der Waals surface area contributed by atoms with Gasteiger partial charge in [0.15, 0.2) is 0 Å². The number of benzene rings is 1. The quantitative estimate of drug-likeness (QED) is 0.507. The Bertz CT molecular complexity index is 696. The first-order valence-corrected chi connectivity index (χ1v) is 9.11. The number of nitrogens with zero attached hydrogens (tertiary/aromatic N) is 1. The van der Waals surface area contributed by atoms with Crippen molar-refractivity contribution < 1.29 is 9.90 Å². The molecule has 2 aliphatic heterocycles. The fraction of sp³-hybridized carbons (Fsp3) is 0.474. The molecule has 2 atom stereocenters. The van der Waals surface area contributed by atoms with E-state index in [2.05, 4.69) is 57.3 Å². The fourth-order valence-electron chi connectivity index (χ4n) is 3.69. The van der Waals surface area contributed by atoms with Crippen molar-refractivity contribution in [1.82, 2.24) is 21.8 Å². The second-order valence-corrected chi connectivity index (χ2v) is 7.16. The van der Waals surface area contributed by atoms with Crippen LogP contribution in [0.4, 0.5) is 0 Å². The molecule has 1 aromatic carbocycles. The van der Waals surface area contributed by atoms with E-state index in [9.17, 15) is 9.90 Å². The zero-order chi connectivity index (χ0) is 18.5. The number of carboxylic acid groups (broad SMARTS) is 1. The number of hydrazine groups is 2. The normalized spacial score (nSPS) is 19.2. The topological polar surface area (TPSA) is 97.8 Å². The van der Waals surface area contributed by atoms with Gasteiger partial charge in [0.1, 0.15) is 5.84 Å². The average Bonchev–Trinajstić information content (AvgIpc) is 3.16. The number of hydrogen-bond donors (Lipinski definition) is 5. The van der Waals surface area contributed by atoms with Gasteiger partial charge >= 0.3 is 5.97 Å². The van der Waals surface area contributed by atoms with E-state index in [0.717, 1.165) is 25.1 Å². The summed E-state index contributed by atoms with van der Waals surface area (Å²) in [4.78, 5) is 11.9. The van der Waals surface area contributed by atoms with Crippen LogP contribution < -0.4 is 21.8 Å². The Hall–Kier alpha value is -2.38. The molecule has 7 nitrogen and oxygen atoms in total. The van der Waals surface area contributed by atoms with Gasteiger partial charge in [-0.2, -0.15) is 0 Å². The van der Waals surface area contributed by atoms with Crippen LogP contribution in [0.3, 0.4) is 0 Å². The lowest BCUT2D eigenvalue weighted by Gasteiger charge is -2.26. The van der Waals surface area contributed by atoms with Crippen LogP contribution in [-0.2, 0) is 11.2 Å². The molecule has 0 bridgehead atoms. The molecule has 3 rings (SSSR count). The maximum Gasteiger partial charge on any atom is 0.307 e. The van der Waals surface area contributed by atoms with Crippen LogP contribution in [-0.4, -0.2) is 30.0 Å². The third-order valence-electron chi connectivity index (χ3n) is 5.06. The monoisotopic (exact) mass is 357 g/mol. The Labute approximate surface area is 153 Å². The van der Waals surface area contributed by atoms with Gasteiger partial charge in [-0.15, -0.1) is 10.6 Å². The summed E-state index contributed by atoms with van der Waals surface area (Å²) in [6.45, 7) is 5.80. The van der Waals surface area contributed by atoms with E-state index >= 15 is 0 Å². The van der Waals surface area contributed by atoms with Gasteiger partial charge < -0.3 is 10.4 Å². The van der Waals surface area contributed by atoms with Crippen molar-refractivity contribution in [1.29, 1.82) is 0 Å². The van der Waals surface area contributed by atoms with Crippen molar-refractivity contribution in [2.24, 2.45) is 22.9 Å². The number of rotatable bonds is 7. The number of aliphatic carboxylic acids is 1. The van der Waals surface area contributed by atoms with Crippen molar-refractivity contribution in [2.45, 2.75) is 26.7 Å². The largest absolute Gasteiger partial charge is 0.481 e. The molecule has 0 fully saturated rings. The summed E-state index contributed by atoms with van der Waals surface area (Å²) in [6.07, 6.45) is 3.88. The van der Waals surface area contributed by atoms with Gasteiger partial charge in [-0.05, 0) is 42.0 Å². The number of hydrazone groups is 1. The molecule has 2 aliphatic rings. The Balaban J connectivity index is 1.80. The molecule has 0 amide bonds. The molecule has 0 radical (unpaired) electrons. The van der Waals surface area contributed by atoms with E-state index in [-0.39, 0.29) is 11.8 Å². The van der Waals surface area contributed by atoms with Gasteiger partial charge in [0.2, 0.25) is 0 Å². The van der Waals surface area contributed by atoms with Crippen LogP contribution in [0.5, 0.6) is 0 Å². The molecule has 1 aromatic rings. The van der Waals surface area contributed by atoms with Gasteiger partial charge in [-0.3, -0.25) is 10.2 Å². The minimum Gasteiger partial charge on any atom is -0.481 e. The molecule has 2 heterocycles. The third-order valence-corrected chi connectivity index (χ3v) is 5.06. The Morgan fingerprint density at radius 3 is 2.58 bits per heavy atom. The van der Waals surface area contributed by atoms with E-state index in [1.54, 1.807) is 0 Å². The van der Waals surface area contributed by atoms with E-state index in [1.807, 2.05) is 13.8 Å². The third kappa shape index (κ3) is 4.23. The lowest BCUT2D eigenvalue weighted by molar-refractivity contribution is -0.144. The number of amidine groups is 1. The Morgan fingerprint density at radius 2 is 2.04 bits per heavy atom.